The Morgan fingerprint density at radius 2 is 2.16 bits per heavy atom. The monoisotopic (exact) mass is 265 g/mol. The fourth-order valence-electron chi connectivity index (χ4n) is 3.28. The fourth-order valence-corrected chi connectivity index (χ4v) is 3.28. The van der Waals surface area contributed by atoms with Crippen molar-refractivity contribution in [3.8, 4) is 0 Å². The van der Waals surface area contributed by atoms with Crippen LogP contribution >= 0.6 is 0 Å². The highest BCUT2D eigenvalue weighted by molar-refractivity contribution is 5.06. The first-order valence-corrected chi connectivity index (χ1v) is 7.55. The Balaban J connectivity index is 1.79. The molecule has 1 N–H and O–H groups in total. The number of hydrogen-bond donors (Lipinski definition) is 1. The second kappa shape index (κ2) is 5.59. The zero-order valence-electron chi connectivity index (χ0n) is 11.7. The molecule has 0 bridgehead atoms. The first-order valence-electron chi connectivity index (χ1n) is 7.55. The molecule has 1 saturated heterocycles. The maximum absolute atomic E-state index is 5.97. The van der Waals surface area contributed by atoms with Crippen molar-refractivity contribution in [3.05, 3.63) is 11.7 Å². The third kappa shape index (κ3) is 2.54. The highest BCUT2D eigenvalue weighted by Gasteiger charge is 2.41. The Morgan fingerprint density at radius 3 is 2.84 bits per heavy atom. The van der Waals surface area contributed by atoms with Gasteiger partial charge in [0, 0.05) is 6.61 Å². The highest BCUT2D eigenvalue weighted by atomic mass is 16.5. The minimum atomic E-state index is -0.287. The quantitative estimate of drug-likeness (QED) is 0.907. The number of rotatable bonds is 4. The van der Waals surface area contributed by atoms with Gasteiger partial charge in [-0.1, -0.05) is 11.6 Å². The molecule has 5 heteroatoms. The van der Waals surface area contributed by atoms with Crippen LogP contribution in [0.1, 0.15) is 69.6 Å². The maximum atomic E-state index is 5.97. The third-order valence-electron chi connectivity index (χ3n) is 4.29. The maximum Gasteiger partial charge on any atom is 0.243 e. The lowest BCUT2D eigenvalue weighted by Crippen LogP contribution is -2.29. The van der Waals surface area contributed by atoms with Crippen LogP contribution in [0.5, 0.6) is 0 Å². The summed E-state index contributed by atoms with van der Waals surface area (Å²) in [5.74, 6) is 1.50. The van der Waals surface area contributed by atoms with E-state index < -0.39 is 0 Å². The van der Waals surface area contributed by atoms with Crippen molar-refractivity contribution in [3.63, 3.8) is 0 Å². The van der Waals surface area contributed by atoms with Gasteiger partial charge in [0.1, 0.15) is 5.60 Å². The van der Waals surface area contributed by atoms with Crippen LogP contribution in [-0.4, -0.2) is 23.3 Å². The number of aromatic nitrogens is 2. The van der Waals surface area contributed by atoms with Crippen molar-refractivity contribution >= 4 is 0 Å². The second-order valence-corrected chi connectivity index (χ2v) is 5.59. The standard InChI is InChI=1S/C14H23N3O2/c1-2-18-14(8-4-5-9-14)13-16-12(19-17-13)11-7-3-6-10-15-11/h11,15H,2-10H2,1H3/t11-/m1/s1. The zero-order valence-corrected chi connectivity index (χ0v) is 11.7. The number of piperidine rings is 1. The molecule has 1 aliphatic carbocycles. The van der Waals surface area contributed by atoms with Crippen molar-refractivity contribution < 1.29 is 9.26 Å². The molecule has 1 aliphatic heterocycles. The summed E-state index contributed by atoms with van der Waals surface area (Å²) in [6.45, 7) is 3.77. The van der Waals surface area contributed by atoms with Gasteiger partial charge >= 0.3 is 0 Å². The van der Waals surface area contributed by atoms with Crippen LogP contribution in [0.3, 0.4) is 0 Å². The molecule has 2 aliphatic rings. The van der Waals surface area contributed by atoms with Gasteiger partial charge in [-0.25, -0.2) is 0 Å². The molecular formula is C14H23N3O2. The summed E-state index contributed by atoms with van der Waals surface area (Å²) in [7, 11) is 0. The number of nitrogens with zero attached hydrogens (tertiary/aromatic N) is 2. The van der Waals surface area contributed by atoms with Gasteiger partial charge in [-0.3, -0.25) is 0 Å². The fraction of sp³-hybridized carbons (Fsp3) is 0.857. The van der Waals surface area contributed by atoms with E-state index in [1.165, 1.54) is 25.7 Å². The molecule has 1 saturated carbocycles. The van der Waals surface area contributed by atoms with E-state index in [4.69, 9.17) is 9.26 Å². The van der Waals surface area contributed by atoms with E-state index in [0.29, 0.717) is 6.61 Å². The Hall–Kier alpha value is -0.940. The molecule has 1 aromatic rings. The molecule has 2 fully saturated rings. The zero-order chi connectivity index (χ0) is 13.1. The molecule has 106 valence electrons. The molecule has 0 amide bonds. The largest absolute Gasteiger partial charge is 0.367 e. The van der Waals surface area contributed by atoms with Gasteiger partial charge < -0.3 is 14.6 Å². The van der Waals surface area contributed by atoms with E-state index in [9.17, 15) is 0 Å². The Kier molecular flexibility index (Phi) is 3.84. The van der Waals surface area contributed by atoms with Crippen molar-refractivity contribution in [2.75, 3.05) is 13.2 Å². The Morgan fingerprint density at radius 1 is 1.32 bits per heavy atom. The van der Waals surface area contributed by atoms with Gasteiger partial charge in [-0.15, -0.1) is 0 Å². The number of nitrogens with one attached hydrogen (secondary N) is 1. The number of ether oxygens (including phenoxy) is 1. The topological polar surface area (TPSA) is 60.2 Å². The summed E-state index contributed by atoms with van der Waals surface area (Å²) in [5.41, 5.74) is -0.287. The SMILES string of the molecule is CCOC1(c2noc([C@H]3CCCCN3)n2)CCCC1. The molecule has 0 spiro atoms. The summed E-state index contributed by atoms with van der Waals surface area (Å²) in [6, 6.07) is 0.232. The van der Waals surface area contributed by atoms with Crippen LogP contribution in [-0.2, 0) is 10.3 Å². The minimum absolute atomic E-state index is 0.232. The molecule has 3 rings (SSSR count). The van der Waals surface area contributed by atoms with Crippen molar-refractivity contribution in [1.82, 2.24) is 15.5 Å². The third-order valence-corrected chi connectivity index (χ3v) is 4.29. The number of hydrogen-bond acceptors (Lipinski definition) is 5. The predicted molar refractivity (Wildman–Crippen MR) is 70.7 cm³/mol. The highest BCUT2D eigenvalue weighted by Crippen LogP contribution is 2.41. The van der Waals surface area contributed by atoms with Crippen LogP contribution in [0.2, 0.25) is 0 Å². The van der Waals surface area contributed by atoms with Crippen LogP contribution < -0.4 is 5.32 Å². The van der Waals surface area contributed by atoms with Crippen molar-refractivity contribution in [1.29, 1.82) is 0 Å². The minimum Gasteiger partial charge on any atom is -0.367 e. The Labute approximate surface area is 114 Å². The predicted octanol–water partition coefficient (Wildman–Crippen LogP) is 2.69. The van der Waals surface area contributed by atoms with Crippen LogP contribution in [0.25, 0.3) is 0 Å². The van der Waals surface area contributed by atoms with E-state index in [1.807, 2.05) is 6.92 Å². The molecular weight excluding hydrogens is 242 g/mol. The smallest absolute Gasteiger partial charge is 0.243 e. The Bertz CT molecular complexity index is 407. The molecule has 1 atom stereocenters. The molecule has 1 aromatic heterocycles. The average molecular weight is 265 g/mol. The molecule has 19 heavy (non-hydrogen) atoms. The molecule has 0 aromatic carbocycles. The summed E-state index contributed by atoms with van der Waals surface area (Å²) in [5, 5.41) is 7.66. The lowest BCUT2D eigenvalue weighted by atomic mass is 10.0. The average Bonchev–Trinajstić information content (AvgIpc) is 3.09. The van der Waals surface area contributed by atoms with Gasteiger partial charge in [0.25, 0.3) is 0 Å². The molecule has 2 heterocycles. The van der Waals surface area contributed by atoms with E-state index in [0.717, 1.165) is 37.5 Å². The van der Waals surface area contributed by atoms with Crippen LogP contribution in [0, 0.1) is 0 Å². The summed E-state index contributed by atoms with van der Waals surface area (Å²) in [4.78, 5) is 4.64. The van der Waals surface area contributed by atoms with E-state index >= 15 is 0 Å². The van der Waals surface area contributed by atoms with Gasteiger partial charge in [0.05, 0.1) is 6.04 Å². The summed E-state index contributed by atoms with van der Waals surface area (Å²) in [6.07, 6.45) is 7.95. The van der Waals surface area contributed by atoms with Crippen LogP contribution in [0.4, 0.5) is 0 Å². The van der Waals surface area contributed by atoms with Gasteiger partial charge in [-0.2, -0.15) is 4.98 Å². The molecule has 5 nitrogen and oxygen atoms in total. The normalized spacial score (nSPS) is 26.7. The molecule has 0 radical (unpaired) electrons. The van der Waals surface area contributed by atoms with Crippen LogP contribution in [0.15, 0.2) is 4.52 Å². The van der Waals surface area contributed by atoms with E-state index in [-0.39, 0.29) is 11.6 Å². The van der Waals surface area contributed by atoms with Crippen molar-refractivity contribution in [2.45, 2.75) is 63.5 Å². The van der Waals surface area contributed by atoms with Gasteiger partial charge in [-0.05, 0) is 52.0 Å². The second-order valence-electron chi connectivity index (χ2n) is 5.59. The van der Waals surface area contributed by atoms with Crippen molar-refractivity contribution in [2.24, 2.45) is 0 Å². The van der Waals surface area contributed by atoms with E-state index in [1.54, 1.807) is 0 Å². The van der Waals surface area contributed by atoms with E-state index in [2.05, 4.69) is 15.5 Å². The molecule has 0 unspecified atom stereocenters. The first-order chi connectivity index (χ1) is 9.34. The first kappa shape index (κ1) is 13.1. The van der Waals surface area contributed by atoms with Gasteiger partial charge in [0.2, 0.25) is 11.7 Å². The summed E-state index contributed by atoms with van der Waals surface area (Å²) < 4.78 is 11.5. The lowest BCUT2D eigenvalue weighted by molar-refractivity contribution is -0.0469. The van der Waals surface area contributed by atoms with Gasteiger partial charge in [0.15, 0.2) is 0 Å². The summed E-state index contributed by atoms with van der Waals surface area (Å²) >= 11 is 0. The lowest BCUT2D eigenvalue weighted by Gasteiger charge is -2.25.